The molecule has 5 nitrogen and oxygen atoms in total. The normalized spacial score (nSPS) is 19.4. The monoisotopic (exact) mass is 291 g/mol. The summed E-state index contributed by atoms with van der Waals surface area (Å²) in [7, 11) is 0. The van der Waals surface area contributed by atoms with Crippen LogP contribution in [-0.2, 0) is 4.74 Å². The second-order valence-corrected chi connectivity index (χ2v) is 6.60. The van der Waals surface area contributed by atoms with Crippen molar-refractivity contribution in [1.82, 2.24) is 9.88 Å². The van der Waals surface area contributed by atoms with Gasteiger partial charge < -0.3 is 15.4 Å². The van der Waals surface area contributed by atoms with Crippen molar-refractivity contribution in [1.29, 1.82) is 0 Å². The van der Waals surface area contributed by atoms with Crippen LogP contribution in [-0.4, -0.2) is 28.1 Å². The summed E-state index contributed by atoms with van der Waals surface area (Å²) in [5.41, 5.74) is 7.19. The van der Waals surface area contributed by atoms with E-state index in [-0.39, 0.29) is 12.1 Å². The van der Waals surface area contributed by atoms with E-state index in [1.54, 1.807) is 6.07 Å². The number of likely N-dealkylation sites (tertiary alicyclic amines) is 1. The Hall–Kier alpha value is -1.78. The fourth-order valence-electron chi connectivity index (χ4n) is 2.74. The summed E-state index contributed by atoms with van der Waals surface area (Å²) in [6.07, 6.45) is 2.81. The number of nitrogen functional groups attached to an aromatic ring is 1. The first-order chi connectivity index (χ1) is 9.78. The lowest BCUT2D eigenvalue weighted by Gasteiger charge is -2.37. The van der Waals surface area contributed by atoms with Crippen molar-refractivity contribution in [2.75, 3.05) is 12.3 Å². The molecule has 0 saturated carbocycles. The molecule has 2 N–H and O–H groups in total. The zero-order valence-electron chi connectivity index (χ0n) is 13.3. The lowest BCUT2D eigenvalue weighted by atomic mass is 9.94. The summed E-state index contributed by atoms with van der Waals surface area (Å²) in [6.45, 7) is 8.33. The molecule has 0 bridgehead atoms. The van der Waals surface area contributed by atoms with Gasteiger partial charge in [0.15, 0.2) is 0 Å². The maximum Gasteiger partial charge on any atom is 0.410 e. The van der Waals surface area contributed by atoms with Gasteiger partial charge in [-0.3, -0.25) is 0 Å². The zero-order valence-corrected chi connectivity index (χ0v) is 13.3. The van der Waals surface area contributed by atoms with E-state index in [2.05, 4.69) is 4.98 Å². The summed E-state index contributed by atoms with van der Waals surface area (Å²) < 4.78 is 5.53. The van der Waals surface area contributed by atoms with Crippen molar-refractivity contribution < 1.29 is 9.53 Å². The van der Waals surface area contributed by atoms with Crippen molar-refractivity contribution in [3.63, 3.8) is 0 Å². The molecule has 0 unspecified atom stereocenters. The summed E-state index contributed by atoms with van der Waals surface area (Å²) in [5, 5.41) is 0. The van der Waals surface area contributed by atoms with Crippen LogP contribution in [0.4, 0.5) is 10.6 Å². The highest BCUT2D eigenvalue weighted by atomic mass is 16.6. The van der Waals surface area contributed by atoms with Crippen molar-refractivity contribution in [2.45, 2.75) is 58.6 Å². The summed E-state index contributed by atoms with van der Waals surface area (Å²) in [6, 6.07) is 3.80. The molecule has 1 fully saturated rings. The van der Waals surface area contributed by atoms with E-state index in [1.165, 1.54) is 0 Å². The molecule has 1 aromatic heterocycles. The zero-order chi connectivity index (χ0) is 15.6. The number of nitrogens with zero attached hydrogens (tertiary/aromatic N) is 2. The summed E-state index contributed by atoms with van der Waals surface area (Å²) >= 11 is 0. The van der Waals surface area contributed by atoms with Crippen LogP contribution in [0.5, 0.6) is 0 Å². The van der Waals surface area contributed by atoms with Crippen LogP contribution in [0, 0.1) is 6.92 Å². The topological polar surface area (TPSA) is 68.5 Å². The SMILES string of the molecule is Cc1nc(N)ccc1[C@@H]1CCCCN1C(=O)OC(C)(C)C. The molecule has 1 aromatic rings. The van der Waals surface area contributed by atoms with Crippen LogP contribution in [0.15, 0.2) is 12.1 Å². The number of aryl methyl sites for hydroxylation is 1. The van der Waals surface area contributed by atoms with E-state index >= 15 is 0 Å². The number of piperidine rings is 1. The van der Waals surface area contributed by atoms with Crippen molar-refractivity contribution in [2.24, 2.45) is 0 Å². The first-order valence-corrected chi connectivity index (χ1v) is 7.50. The Bertz CT molecular complexity index is 523. The molecule has 2 rings (SSSR count). The molecule has 2 heterocycles. The second-order valence-electron chi connectivity index (χ2n) is 6.60. The molecule has 21 heavy (non-hydrogen) atoms. The van der Waals surface area contributed by atoms with Gasteiger partial charge in [-0.15, -0.1) is 0 Å². The van der Waals surface area contributed by atoms with Crippen molar-refractivity contribution >= 4 is 11.9 Å². The maximum atomic E-state index is 12.4. The number of aromatic nitrogens is 1. The number of amides is 1. The number of pyridine rings is 1. The van der Waals surface area contributed by atoms with Crippen LogP contribution in [0.3, 0.4) is 0 Å². The van der Waals surface area contributed by atoms with Gasteiger partial charge in [0.25, 0.3) is 0 Å². The highest BCUT2D eigenvalue weighted by Crippen LogP contribution is 2.33. The molecule has 1 aliphatic heterocycles. The van der Waals surface area contributed by atoms with Crippen molar-refractivity contribution in [3.05, 3.63) is 23.4 Å². The molecule has 1 amide bonds. The summed E-state index contributed by atoms with van der Waals surface area (Å²) in [5.74, 6) is 0.510. The molecule has 0 spiro atoms. The van der Waals surface area contributed by atoms with E-state index in [4.69, 9.17) is 10.5 Å². The van der Waals surface area contributed by atoms with Crippen LogP contribution >= 0.6 is 0 Å². The van der Waals surface area contributed by atoms with E-state index in [0.717, 1.165) is 37.1 Å². The lowest BCUT2D eigenvalue weighted by molar-refractivity contribution is 0.00942. The third kappa shape index (κ3) is 3.86. The Kier molecular flexibility index (Phi) is 4.40. The van der Waals surface area contributed by atoms with Crippen LogP contribution in [0.1, 0.15) is 57.3 Å². The molecular weight excluding hydrogens is 266 g/mol. The Morgan fingerprint density at radius 3 is 2.71 bits per heavy atom. The predicted octanol–water partition coefficient (Wildman–Crippen LogP) is 3.43. The molecule has 0 aromatic carbocycles. The number of anilines is 1. The van der Waals surface area contributed by atoms with Gasteiger partial charge in [0, 0.05) is 12.2 Å². The van der Waals surface area contributed by atoms with E-state index < -0.39 is 5.60 Å². The van der Waals surface area contributed by atoms with E-state index in [0.29, 0.717) is 5.82 Å². The quantitative estimate of drug-likeness (QED) is 0.860. The highest BCUT2D eigenvalue weighted by Gasteiger charge is 2.32. The Morgan fingerprint density at radius 1 is 1.38 bits per heavy atom. The van der Waals surface area contributed by atoms with Crippen molar-refractivity contribution in [3.8, 4) is 0 Å². The van der Waals surface area contributed by atoms with Gasteiger partial charge >= 0.3 is 6.09 Å². The van der Waals surface area contributed by atoms with Gasteiger partial charge in [-0.2, -0.15) is 0 Å². The number of rotatable bonds is 1. The van der Waals surface area contributed by atoms with Gasteiger partial charge in [0.05, 0.1) is 6.04 Å². The average molecular weight is 291 g/mol. The smallest absolute Gasteiger partial charge is 0.410 e. The number of carbonyl (C=O) groups excluding carboxylic acids is 1. The molecule has 1 atom stereocenters. The van der Waals surface area contributed by atoms with Gasteiger partial charge in [-0.1, -0.05) is 6.07 Å². The average Bonchev–Trinajstić information content (AvgIpc) is 2.37. The predicted molar refractivity (Wildman–Crippen MR) is 82.9 cm³/mol. The Morgan fingerprint density at radius 2 is 2.10 bits per heavy atom. The first kappa shape index (κ1) is 15.6. The van der Waals surface area contributed by atoms with Crippen LogP contribution in [0.25, 0.3) is 0 Å². The largest absolute Gasteiger partial charge is 0.444 e. The fraction of sp³-hybridized carbons (Fsp3) is 0.625. The maximum absolute atomic E-state index is 12.4. The van der Waals surface area contributed by atoms with Gasteiger partial charge in [-0.05, 0) is 58.6 Å². The van der Waals surface area contributed by atoms with Crippen LogP contribution in [0.2, 0.25) is 0 Å². The fourth-order valence-corrected chi connectivity index (χ4v) is 2.74. The number of nitrogens with two attached hydrogens (primary N) is 1. The molecule has 1 saturated heterocycles. The van der Waals surface area contributed by atoms with E-state index in [1.807, 2.05) is 38.7 Å². The van der Waals surface area contributed by atoms with Gasteiger partial charge in [0.1, 0.15) is 11.4 Å². The third-order valence-electron chi connectivity index (χ3n) is 3.64. The number of ether oxygens (including phenoxy) is 1. The minimum Gasteiger partial charge on any atom is -0.444 e. The molecule has 1 aliphatic rings. The lowest BCUT2D eigenvalue weighted by Crippen LogP contribution is -2.42. The molecular formula is C16H25N3O2. The van der Waals surface area contributed by atoms with E-state index in [9.17, 15) is 4.79 Å². The second kappa shape index (κ2) is 5.92. The number of hydrogen-bond acceptors (Lipinski definition) is 4. The van der Waals surface area contributed by atoms with Gasteiger partial charge in [-0.25, -0.2) is 9.78 Å². The van der Waals surface area contributed by atoms with Gasteiger partial charge in [0.2, 0.25) is 0 Å². The number of hydrogen-bond donors (Lipinski definition) is 1. The third-order valence-corrected chi connectivity index (χ3v) is 3.64. The van der Waals surface area contributed by atoms with Crippen LogP contribution < -0.4 is 5.73 Å². The number of carbonyl (C=O) groups is 1. The summed E-state index contributed by atoms with van der Waals surface area (Å²) in [4.78, 5) is 18.6. The molecule has 0 aliphatic carbocycles. The minimum atomic E-state index is -0.479. The molecule has 5 heteroatoms. The molecule has 0 radical (unpaired) electrons. The molecule has 116 valence electrons. The minimum absolute atomic E-state index is 0.0294. The highest BCUT2D eigenvalue weighted by molar-refractivity contribution is 5.69. The standard InChI is InChI=1S/C16H25N3O2/c1-11-12(8-9-14(17)18-11)13-7-5-6-10-19(13)15(20)21-16(2,3)4/h8-9,13H,5-7,10H2,1-4H3,(H2,17,18)/t13-/m0/s1. The first-order valence-electron chi connectivity index (χ1n) is 7.50. The Balaban J connectivity index is 2.24. The Labute approximate surface area is 126 Å².